The summed E-state index contributed by atoms with van der Waals surface area (Å²) < 4.78 is 26.0. The van der Waals surface area contributed by atoms with Gasteiger partial charge in [-0.1, -0.05) is 0 Å². The van der Waals surface area contributed by atoms with Crippen LogP contribution < -0.4 is 10.6 Å². The largest absolute Gasteiger partial charge is 0.326 e. The van der Waals surface area contributed by atoms with E-state index in [4.69, 9.17) is 0 Å². The molecular weight excluding hydrogens is 278 g/mol. The minimum Gasteiger partial charge on any atom is -0.326 e. The molecular formula is C15H12F2N2O2. The smallest absolute Gasteiger partial charge is 0.255 e. The maximum absolute atomic E-state index is 13.0. The van der Waals surface area contributed by atoms with Crippen LogP contribution in [0.1, 0.15) is 17.3 Å². The molecule has 0 aliphatic carbocycles. The molecule has 0 fully saturated rings. The Hall–Kier alpha value is -2.76. The number of rotatable bonds is 3. The van der Waals surface area contributed by atoms with E-state index in [0.29, 0.717) is 11.3 Å². The number of nitrogens with one attached hydrogen (secondary N) is 2. The molecule has 4 nitrogen and oxygen atoms in total. The van der Waals surface area contributed by atoms with Crippen LogP contribution in [0, 0.1) is 11.6 Å². The standard InChI is InChI=1S/C15H12F2N2O2/c1-9(20)18-13-4-2-10(3-5-13)15(21)19-14-7-11(16)6-12(17)8-14/h2-8H,1H3,(H,18,20)(H,19,21). The normalized spacial score (nSPS) is 10.0. The van der Waals surface area contributed by atoms with Gasteiger partial charge in [-0.25, -0.2) is 8.78 Å². The third-order valence-corrected chi connectivity index (χ3v) is 2.59. The zero-order chi connectivity index (χ0) is 15.4. The summed E-state index contributed by atoms with van der Waals surface area (Å²) in [5.41, 5.74) is 0.882. The van der Waals surface area contributed by atoms with E-state index < -0.39 is 17.5 Å². The summed E-state index contributed by atoms with van der Waals surface area (Å²) in [5.74, 6) is -2.27. The SMILES string of the molecule is CC(=O)Nc1ccc(C(=O)Nc2cc(F)cc(F)c2)cc1. The minimum atomic E-state index is -0.772. The highest BCUT2D eigenvalue weighted by atomic mass is 19.1. The van der Waals surface area contributed by atoms with Gasteiger partial charge in [-0.2, -0.15) is 0 Å². The summed E-state index contributed by atoms with van der Waals surface area (Å²) in [6.45, 7) is 1.37. The molecule has 2 rings (SSSR count). The second kappa shape index (κ2) is 6.13. The number of halogens is 2. The fraction of sp³-hybridized carbons (Fsp3) is 0.0667. The van der Waals surface area contributed by atoms with Gasteiger partial charge in [0.25, 0.3) is 5.91 Å². The van der Waals surface area contributed by atoms with Crippen LogP contribution in [0.3, 0.4) is 0 Å². The number of hydrogen-bond acceptors (Lipinski definition) is 2. The molecule has 0 saturated heterocycles. The second-order valence-corrected chi connectivity index (χ2v) is 4.37. The lowest BCUT2D eigenvalue weighted by Gasteiger charge is -2.07. The molecule has 0 bridgehead atoms. The average molecular weight is 290 g/mol. The molecule has 0 radical (unpaired) electrons. The number of carbonyl (C=O) groups excluding carboxylic acids is 2. The van der Waals surface area contributed by atoms with E-state index in [-0.39, 0.29) is 11.6 Å². The number of hydrogen-bond donors (Lipinski definition) is 2. The van der Waals surface area contributed by atoms with Gasteiger partial charge in [-0.05, 0) is 36.4 Å². The Morgan fingerprint density at radius 1 is 0.857 bits per heavy atom. The Kier molecular flexibility index (Phi) is 4.27. The van der Waals surface area contributed by atoms with Crippen molar-refractivity contribution in [1.82, 2.24) is 0 Å². The summed E-state index contributed by atoms with van der Waals surface area (Å²) in [7, 11) is 0. The van der Waals surface area contributed by atoms with Crippen molar-refractivity contribution in [2.75, 3.05) is 10.6 Å². The van der Waals surface area contributed by atoms with Crippen LogP contribution >= 0.6 is 0 Å². The highest BCUT2D eigenvalue weighted by Gasteiger charge is 2.08. The predicted octanol–water partition coefficient (Wildman–Crippen LogP) is 3.18. The second-order valence-electron chi connectivity index (χ2n) is 4.37. The van der Waals surface area contributed by atoms with Crippen molar-refractivity contribution in [3.05, 3.63) is 59.7 Å². The molecule has 0 unspecified atom stereocenters. The summed E-state index contributed by atoms with van der Waals surface area (Å²) >= 11 is 0. The van der Waals surface area contributed by atoms with Crippen LogP contribution in [0.2, 0.25) is 0 Å². The first-order valence-electron chi connectivity index (χ1n) is 6.09. The summed E-state index contributed by atoms with van der Waals surface area (Å²) in [4.78, 5) is 22.8. The van der Waals surface area contributed by atoms with Crippen molar-refractivity contribution in [2.45, 2.75) is 6.92 Å². The van der Waals surface area contributed by atoms with Gasteiger partial charge in [0.2, 0.25) is 5.91 Å². The van der Waals surface area contributed by atoms with Crippen LogP contribution in [0.15, 0.2) is 42.5 Å². The molecule has 2 aromatic carbocycles. The van der Waals surface area contributed by atoms with Crippen molar-refractivity contribution < 1.29 is 18.4 Å². The highest BCUT2D eigenvalue weighted by molar-refractivity contribution is 6.04. The Balaban J connectivity index is 2.11. The van der Waals surface area contributed by atoms with Crippen LogP contribution in [0.5, 0.6) is 0 Å². The quantitative estimate of drug-likeness (QED) is 0.912. The Morgan fingerprint density at radius 3 is 1.95 bits per heavy atom. The Bertz CT molecular complexity index is 664. The lowest BCUT2D eigenvalue weighted by molar-refractivity contribution is -0.114. The van der Waals surface area contributed by atoms with E-state index in [0.717, 1.165) is 18.2 Å². The van der Waals surface area contributed by atoms with Gasteiger partial charge in [0, 0.05) is 29.9 Å². The lowest BCUT2D eigenvalue weighted by Crippen LogP contribution is -2.12. The van der Waals surface area contributed by atoms with Crippen molar-refractivity contribution in [2.24, 2.45) is 0 Å². The molecule has 0 aromatic heterocycles. The van der Waals surface area contributed by atoms with Crippen molar-refractivity contribution in [3.8, 4) is 0 Å². The van der Waals surface area contributed by atoms with Gasteiger partial charge in [-0.3, -0.25) is 9.59 Å². The molecule has 0 aliphatic heterocycles. The first-order valence-corrected chi connectivity index (χ1v) is 6.09. The van der Waals surface area contributed by atoms with Crippen LogP contribution in [-0.2, 0) is 4.79 Å². The van der Waals surface area contributed by atoms with E-state index in [9.17, 15) is 18.4 Å². The number of carbonyl (C=O) groups is 2. The fourth-order valence-corrected chi connectivity index (χ4v) is 1.74. The van der Waals surface area contributed by atoms with Gasteiger partial charge in [0.05, 0.1) is 0 Å². The fourth-order valence-electron chi connectivity index (χ4n) is 1.74. The van der Waals surface area contributed by atoms with Crippen LogP contribution in [0.4, 0.5) is 20.2 Å². The Labute approximate surface area is 119 Å². The molecule has 2 N–H and O–H groups in total. The van der Waals surface area contributed by atoms with Gasteiger partial charge >= 0.3 is 0 Å². The zero-order valence-corrected chi connectivity index (χ0v) is 11.1. The number of amides is 2. The van der Waals surface area contributed by atoms with Crippen molar-refractivity contribution in [1.29, 1.82) is 0 Å². The molecule has 2 aromatic rings. The molecule has 6 heteroatoms. The van der Waals surface area contributed by atoms with Gasteiger partial charge in [0.15, 0.2) is 0 Å². The topological polar surface area (TPSA) is 58.2 Å². The molecule has 2 amide bonds. The molecule has 108 valence electrons. The highest BCUT2D eigenvalue weighted by Crippen LogP contribution is 2.15. The maximum Gasteiger partial charge on any atom is 0.255 e. The van der Waals surface area contributed by atoms with Crippen molar-refractivity contribution in [3.63, 3.8) is 0 Å². The van der Waals surface area contributed by atoms with E-state index in [1.165, 1.54) is 19.1 Å². The third kappa shape index (κ3) is 4.10. The molecule has 21 heavy (non-hydrogen) atoms. The first kappa shape index (κ1) is 14.6. The monoisotopic (exact) mass is 290 g/mol. The molecule has 0 spiro atoms. The molecule has 0 heterocycles. The van der Waals surface area contributed by atoms with Crippen LogP contribution in [-0.4, -0.2) is 11.8 Å². The third-order valence-electron chi connectivity index (χ3n) is 2.59. The van der Waals surface area contributed by atoms with Gasteiger partial charge < -0.3 is 10.6 Å². The van der Waals surface area contributed by atoms with Crippen LogP contribution in [0.25, 0.3) is 0 Å². The summed E-state index contributed by atoms with van der Waals surface area (Å²) in [6, 6.07) is 8.87. The van der Waals surface area contributed by atoms with Gasteiger partial charge in [0.1, 0.15) is 11.6 Å². The van der Waals surface area contributed by atoms with E-state index in [1.54, 1.807) is 12.1 Å². The zero-order valence-electron chi connectivity index (χ0n) is 11.1. The van der Waals surface area contributed by atoms with Crippen molar-refractivity contribution >= 4 is 23.2 Å². The van der Waals surface area contributed by atoms with E-state index in [1.807, 2.05) is 0 Å². The maximum atomic E-state index is 13.0. The molecule has 0 saturated carbocycles. The first-order chi connectivity index (χ1) is 9.94. The molecule has 0 atom stereocenters. The Morgan fingerprint density at radius 2 is 1.43 bits per heavy atom. The number of anilines is 2. The average Bonchev–Trinajstić information content (AvgIpc) is 2.37. The van der Waals surface area contributed by atoms with E-state index >= 15 is 0 Å². The van der Waals surface area contributed by atoms with E-state index in [2.05, 4.69) is 10.6 Å². The van der Waals surface area contributed by atoms with Gasteiger partial charge in [-0.15, -0.1) is 0 Å². The lowest BCUT2D eigenvalue weighted by atomic mass is 10.2. The summed E-state index contributed by atoms with van der Waals surface area (Å²) in [6.07, 6.45) is 0. The minimum absolute atomic E-state index is 0.0310. The molecule has 0 aliphatic rings. The summed E-state index contributed by atoms with van der Waals surface area (Å²) in [5, 5.41) is 4.96. The predicted molar refractivity (Wildman–Crippen MR) is 75.1 cm³/mol. The number of benzene rings is 2.